The van der Waals surface area contributed by atoms with E-state index in [1.54, 1.807) is 36.5 Å². The van der Waals surface area contributed by atoms with Gasteiger partial charge in [0.25, 0.3) is 5.56 Å². The van der Waals surface area contributed by atoms with E-state index in [1.165, 1.54) is 0 Å². The highest BCUT2D eigenvalue weighted by molar-refractivity contribution is 7.98. The van der Waals surface area contributed by atoms with Crippen LogP contribution in [-0.4, -0.2) is 37.2 Å². The minimum Gasteiger partial charge on any atom is -0.355 e. The maximum absolute atomic E-state index is 12.1. The molecule has 7 nitrogen and oxygen atoms in total. The van der Waals surface area contributed by atoms with Crippen LogP contribution < -0.4 is 10.9 Å². The summed E-state index contributed by atoms with van der Waals surface area (Å²) < 4.78 is 0. The van der Waals surface area contributed by atoms with Crippen LogP contribution in [0.3, 0.4) is 0 Å². The standard InChI is InChI=1S/C16H18N6OS/c23-15-13(8-12-2-1-3-17-9-12)10-21-16(22-15)20-6-7-24-11-14-18-4-5-19-14/h1-5,9-10H,6-8,11H2,(H,18,19)(H2,20,21,22,23). The molecule has 0 aromatic carbocycles. The lowest BCUT2D eigenvalue weighted by Crippen LogP contribution is -2.18. The highest BCUT2D eigenvalue weighted by atomic mass is 32.2. The summed E-state index contributed by atoms with van der Waals surface area (Å²) in [4.78, 5) is 30.4. The van der Waals surface area contributed by atoms with Gasteiger partial charge >= 0.3 is 0 Å². The van der Waals surface area contributed by atoms with Gasteiger partial charge in [-0.25, -0.2) is 9.97 Å². The second kappa shape index (κ2) is 8.30. The smallest absolute Gasteiger partial charge is 0.255 e. The molecule has 24 heavy (non-hydrogen) atoms. The maximum Gasteiger partial charge on any atom is 0.255 e. The Balaban J connectivity index is 1.47. The number of thioether (sulfide) groups is 1. The third kappa shape index (κ3) is 4.69. The van der Waals surface area contributed by atoms with E-state index in [-0.39, 0.29) is 5.56 Å². The summed E-state index contributed by atoms with van der Waals surface area (Å²) in [5.74, 6) is 3.18. The van der Waals surface area contributed by atoms with E-state index in [2.05, 4.69) is 30.2 Å². The predicted molar refractivity (Wildman–Crippen MR) is 95.1 cm³/mol. The van der Waals surface area contributed by atoms with E-state index in [4.69, 9.17) is 0 Å². The molecule has 3 aromatic rings. The van der Waals surface area contributed by atoms with Crippen molar-refractivity contribution in [3.8, 4) is 0 Å². The van der Waals surface area contributed by atoms with Crippen molar-refractivity contribution in [2.45, 2.75) is 12.2 Å². The number of nitrogens with one attached hydrogen (secondary N) is 3. The van der Waals surface area contributed by atoms with Crippen LogP contribution >= 0.6 is 11.8 Å². The number of pyridine rings is 1. The van der Waals surface area contributed by atoms with Gasteiger partial charge in [0.05, 0.1) is 5.75 Å². The van der Waals surface area contributed by atoms with Gasteiger partial charge in [0.1, 0.15) is 5.82 Å². The van der Waals surface area contributed by atoms with Crippen molar-refractivity contribution < 1.29 is 0 Å². The van der Waals surface area contributed by atoms with Crippen LogP contribution in [0.25, 0.3) is 0 Å². The van der Waals surface area contributed by atoms with Gasteiger partial charge in [0, 0.05) is 55.3 Å². The minimum atomic E-state index is -0.125. The Kier molecular flexibility index (Phi) is 5.62. The molecule has 0 bridgehead atoms. The van der Waals surface area contributed by atoms with Gasteiger partial charge in [-0.2, -0.15) is 11.8 Å². The van der Waals surface area contributed by atoms with Crippen molar-refractivity contribution in [2.75, 3.05) is 17.6 Å². The molecule has 0 aliphatic heterocycles. The van der Waals surface area contributed by atoms with E-state index in [0.717, 1.165) is 29.4 Å². The molecule has 0 radical (unpaired) electrons. The van der Waals surface area contributed by atoms with Crippen molar-refractivity contribution in [2.24, 2.45) is 0 Å². The number of hydrogen-bond donors (Lipinski definition) is 3. The lowest BCUT2D eigenvalue weighted by Gasteiger charge is -2.06. The van der Waals surface area contributed by atoms with Crippen LogP contribution in [0.4, 0.5) is 5.95 Å². The van der Waals surface area contributed by atoms with Gasteiger partial charge in [0.15, 0.2) is 0 Å². The van der Waals surface area contributed by atoms with Crippen LogP contribution in [0.5, 0.6) is 0 Å². The number of hydrogen-bond acceptors (Lipinski definition) is 6. The Hall–Kier alpha value is -2.61. The first-order valence-electron chi connectivity index (χ1n) is 7.58. The summed E-state index contributed by atoms with van der Waals surface area (Å²) in [6.07, 6.45) is 9.16. The molecule has 0 saturated carbocycles. The Morgan fingerprint density at radius 2 is 2.17 bits per heavy atom. The molecule has 0 saturated heterocycles. The highest BCUT2D eigenvalue weighted by Crippen LogP contribution is 2.08. The second-order valence-corrected chi connectivity index (χ2v) is 6.24. The fourth-order valence-corrected chi connectivity index (χ4v) is 2.89. The van der Waals surface area contributed by atoms with E-state index >= 15 is 0 Å². The average molecular weight is 342 g/mol. The van der Waals surface area contributed by atoms with Crippen LogP contribution in [0.1, 0.15) is 17.0 Å². The molecule has 124 valence electrons. The molecule has 0 aliphatic rings. The second-order valence-electron chi connectivity index (χ2n) is 5.14. The molecular formula is C16H18N6OS. The Labute approximate surface area is 143 Å². The zero-order valence-corrected chi connectivity index (χ0v) is 13.8. The average Bonchev–Trinajstić information content (AvgIpc) is 3.11. The van der Waals surface area contributed by atoms with E-state index in [1.807, 2.05) is 18.3 Å². The van der Waals surface area contributed by atoms with E-state index < -0.39 is 0 Å². The minimum absolute atomic E-state index is 0.125. The first-order chi connectivity index (χ1) is 11.8. The molecule has 0 fully saturated rings. The van der Waals surface area contributed by atoms with Gasteiger partial charge in [-0.05, 0) is 11.6 Å². The van der Waals surface area contributed by atoms with Crippen LogP contribution in [-0.2, 0) is 12.2 Å². The SMILES string of the molecule is O=c1[nH]c(NCCSCc2ncc[nH]2)ncc1Cc1cccnc1. The fourth-order valence-electron chi connectivity index (χ4n) is 2.15. The van der Waals surface area contributed by atoms with Gasteiger partial charge < -0.3 is 10.3 Å². The maximum atomic E-state index is 12.1. The number of aromatic nitrogens is 5. The summed E-state index contributed by atoms with van der Waals surface area (Å²) in [6.45, 7) is 0.719. The number of nitrogens with zero attached hydrogens (tertiary/aromatic N) is 3. The summed E-state index contributed by atoms with van der Waals surface area (Å²) in [7, 11) is 0. The van der Waals surface area contributed by atoms with E-state index in [0.29, 0.717) is 17.9 Å². The number of H-pyrrole nitrogens is 2. The molecule has 0 atom stereocenters. The third-order valence-corrected chi connectivity index (χ3v) is 4.29. The third-order valence-electron chi connectivity index (χ3n) is 3.32. The Bertz CT molecular complexity index is 803. The monoisotopic (exact) mass is 342 g/mol. The van der Waals surface area contributed by atoms with Crippen LogP contribution in [0, 0.1) is 0 Å². The largest absolute Gasteiger partial charge is 0.355 e. The molecule has 3 aromatic heterocycles. The van der Waals surface area contributed by atoms with Crippen molar-refractivity contribution in [3.05, 3.63) is 70.4 Å². The van der Waals surface area contributed by atoms with Crippen molar-refractivity contribution >= 4 is 17.7 Å². The van der Waals surface area contributed by atoms with Gasteiger partial charge in [-0.15, -0.1) is 0 Å². The molecule has 8 heteroatoms. The lowest BCUT2D eigenvalue weighted by molar-refractivity contribution is 1.00. The number of imidazole rings is 1. The van der Waals surface area contributed by atoms with Crippen molar-refractivity contribution in [1.82, 2.24) is 24.9 Å². The van der Waals surface area contributed by atoms with E-state index in [9.17, 15) is 4.79 Å². The zero-order chi connectivity index (χ0) is 16.6. The summed E-state index contributed by atoms with van der Waals surface area (Å²) in [5.41, 5.74) is 1.49. The van der Waals surface area contributed by atoms with Crippen molar-refractivity contribution in [3.63, 3.8) is 0 Å². The summed E-state index contributed by atoms with van der Waals surface area (Å²) >= 11 is 1.76. The Morgan fingerprint density at radius 1 is 1.21 bits per heavy atom. The molecule has 3 N–H and O–H groups in total. The first kappa shape index (κ1) is 16.3. The van der Waals surface area contributed by atoms with Crippen molar-refractivity contribution in [1.29, 1.82) is 0 Å². The highest BCUT2D eigenvalue weighted by Gasteiger charge is 2.04. The molecular weight excluding hydrogens is 324 g/mol. The van der Waals surface area contributed by atoms with Gasteiger partial charge in [-0.3, -0.25) is 14.8 Å². The molecule has 3 heterocycles. The quantitative estimate of drug-likeness (QED) is 0.540. The number of rotatable bonds is 8. The molecule has 0 aliphatic carbocycles. The molecule has 0 spiro atoms. The number of anilines is 1. The summed E-state index contributed by atoms with van der Waals surface area (Å²) in [5, 5.41) is 3.13. The first-order valence-corrected chi connectivity index (χ1v) is 8.74. The molecule has 0 unspecified atom stereocenters. The van der Waals surface area contributed by atoms with Gasteiger partial charge in [-0.1, -0.05) is 6.07 Å². The molecule has 0 amide bonds. The predicted octanol–water partition coefficient (Wildman–Crippen LogP) is 1.82. The van der Waals surface area contributed by atoms with Crippen LogP contribution in [0.15, 0.2) is 47.9 Å². The Morgan fingerprint density at radius 3 is 2.92 bits per heavy atom. The number of aromatic amines is 2. The molecule has 3 rings (SSSR count). The lowest BCUT2D eigenvalue weighted by atomic mass is 10.1. The van der Waals surface area contributed by atoms with Gasteiger partial charge in [0.2, 0.25) is 5.95 Å². The fraction of sp³-hybridized carbons (Fsp3) is 0.250. The summed E-state index contributed by atoms with van der Waals surface area (Å²) in [6, 6.07) is 3.79. The van der Waals surface area contributed by atoms with Crippen LogP contribution in [0.2, 0.25) is 0 Å². The normalized spacial score (nSPS) is 10.7. The zero-order valence-electron chi connectivity index (χ0n) is 13.0. The topological polar surface area (TPSA) is 99.3 Å².